The average Bonchev–Trinajstić information content (AvgIpc) is 3.35. The number of H-pyrrole nitrogens is 1. The number of nitrogens with two attached hydrogens (primary N) is 1. The molecule has 5 rings (SSSR count). The molecule has 0 radical (unpaired) electrons. The van der Waals surface area contributed by atoms with E-state index in [1.165, 1.54) is 19.2 Å². The van der Waals surface area contributed by atoms with Crippen molar-refractivity contribution < 1.29 is 23.3 Å². The Morgan fingerprint density at radius 1 is 1.08 bits per heavy atom. The lowest BCUT2D eigenvalue weighted by atomic mass is 9.82. The molecule has 2 heterocycles. The second-order valence-corrected chi connectivity index (χ2v) is 8.27. The van der Waals surface area contributed by atoms with Crippen LogP contribution >= 0.6 is 0 Å². The van der Waals surface area contributed by atoms with E-state index in [9.17, 15) is 9.65 Å². The number of ether oxygens (including phenoxy) is 4. The second-order valence-electron chi connectivity index (χ2n) is 8.27. The molecule has 186 valence electrons. The second kappa shape index (κ2) is 9.95. The molecule has 3 N–H and O–H groups in total. The van der Waals surface area contributed by atoms with Crippen LogP contribution < -0.4 is 24.7 Å². The molecule has 1 aliphatic rings. The first-order valence-corrected chi connectivity index (χ1v) is 11.4. The van der Waals surface area contributed by atoms with Crippen molar-refractivity contribution in [3.05, 3.63) is 101 Å². The topological polar surface area (TPSA) is 115 Å². The van der Waals surface area contributed by atoms with Gasteiger partial charge in [0.15, 0.2) is 11.5 Å². The Kier molecular flexibility index (Phi) is 6.39. The standard InChI is InChI=1S/C28H23FN4O4/c1-34-19-6-3-5-17(13-19)25-24-23(21(14-30)27(31)37-28(24)33-32-25)20-7-4-8-22(35-2)26(20)36-15-16-9-11-18(29)12-10-16/h3-13,23H,15,31H2,1-2H3,(H,32,33). The van der Waals surface area contributed by atoms with Crippen molar-refractivity contribution in [1.82, 2.24) is 10.2 Å². The normalized spacial score (nSPS) is 14.4. The summed E-state index contributed by atoms with van der Waals surface area (Å²) in [6.45, 7) is 0.152. The van der Waals surface area contributed by atoms with Crippen LogP contribution in [0, 0.1) is 17.1 Å². The summed E-state index contributed by atoms with van der Waals surface area (Å²) in [5, 5.41) is 17.5. The van der Waals surface area contributed by atoms with Gasteiger partial charge in [0.25, 0.3) is 0 Å². The molecule has 0 saturated carbocycles. The van der Waals surface area contributed by atoms with Crippen molar-refractivity contribution in [3.8, 4) is 40.5 Å². The van der Waals surface area contributed by atoms with Crippen LogP contribution in [-0.2, 0) is 6.61 Å². The molecule has 0 bridgehead atoms. The molecular weight excluding hydrogens is 475 g/mol. The summed E-state index contributed by atoms with van der Waals surface area (Å²) < 4.78 is 36.4. The third-order valence-electron chi connectivity index (χ3n) is 6.13. The van der Waals surface area contributed by atoms with Crippen LogP contribution in [0.15, 0.2) is 78.2 Å². The van der Waals surface area contributed by atoms with Gasteiger partial charge in [0.1, 0.15) is 29.8 Å². The van der Waals surface area contributed by atoms with Crippen LogP contribution in [0.3, 0.4) is 0 Å². The average molecular weight is 499 g/mol. The molecule has 1 aromatic heterocycles. The number of rotatable bonds is 7. The Morgan fingerprint density at radius 2 is 1.86 bits per heavy atom. The van der Waals surface area contributed by atoms with Gasteiger partial charge in [0, 0.05) is 11.1 Å². The fourth-order valence-electron chi connectivity index (χ4n) is 4.37. The number of para-hydroxylation sites is 1. The lowest BCUT2D eigenvalue weighted by Crippen LogP contribution is -2.21. The van der Waals surface area contributed by atoms with E-state index >= 15 is 0 Å². The zero-order chi connectivity index (χ0) is 25.9. The summed E-state index contributed by atoms with van der Waals surface area (Å²) in [6.07, 6.45) is 0. The number of halogens is 1. The van der Waals surface area contributed by atoms with E-state index in [1.54, 1.807) is 25.3 Å². The highest BCUT2D eigenvalue weighted by Gasteiger charge is 2.38. The van der Waals surface area contributed by atoms with Gasteiger partial charge >= 0.3 is 0 Å². The molecule has 0 amide bonds. The predicted octanol–water partition coefficient (Wildman–Crippen LogP) is 5.03. The Bertz CT molecular complexity index is 1520. The Hall–Kier alpha value is -4.97. The summed E-state index contributed by atoms with van der Waals surface area (Å²) in [7, 11) is 3.12. The SMILES string of the molecule is COc1cccc(-c2[nH]nc3c2C(c2cccc(OC)c2OCc2ccc(F)cc2)C(C#N)=C(N)O3)c1. The van der Waals surface area contributed by atoms with E-state index in [2.05, 4.69) is 16.3 Å². The van der Waals surface area contributed by atoms with Crippen molar-refractivity contribution in [2.75, 3.05) is 14.2 Å². The highest BCUT2D eigenvalue weighted by atomic mass is 19.1. The van der Waals surface area contributed by atoms with Crippen LogP contribution in [0.2, 0.25) is 0 Å². The summed E-state index contributed by atoms with van der Waals surface area (Å²) in [6, 6.07) is 21.1. The van der Waals surface area contributed by atoms with Crippen LogP contribution in [0.1, 0.15) is 22.6 Å². The fourth-order valence-corrected chi connectivity index (χ4v) is 4.37. The molecule has 1 unspecified atom stereocenters. The number of hydrogen-bond acceptors (Lipinski definition) is 7. The number of aromatic nitrogens is 2. The molecule has 8 nitrogen and oxygen atoms in total. The fraction of sp³-hybridized carbons (Fsp3) is 0.143. The molecular formula is C28H23FN4O4. The third kappa shape index (κ3) is 4.41. The number of nitriles is 1. The third-order valence-corrected chi connectivity index (χ3v) is 6.13. The number of aromatic amines is 1. The zero-order valence-corrected chi connectivity index (χ0v) is 20.1. The Balaban J connectivity index is 1.66. The van der Waals surface area contributed by atoms with Crippen molar-refractivity contribution in [1.29, 1.82) is 5.26 Å². The molecule has 0 aliphatic carbocycles. The van der Waals surface area contributed by atoms with Gasteiger partial charge in [0.05, 0.1) is 31.4 Å². The zero-order valence-electron chi connectivity index (χ0n) is 20.1. The van der Waals surface area contributed by atoms with E-state index in [4.69, 9.17) is 24.7 Å². The van der Waals surface area contributed by atoms with Crippen LogP contribution in [-0.4, -0.2) is 24.4 Å². The molecule has 0 saturated heterocycles. The van der Waals surface area contributed by atoms with Gasteiger partial charge in [-0.3, -0.25) is 5.10 Å². The highest BCUT2D eigenvalue weighted by molar-refractivity contribution is 5.73. The summed E-state index contributed by atoms with van der Waals surface area (Å²) in [4.78, 5) is 0. The predicted molar refractivity (Wildman–Crippen MR) is 134 cm³/mol. The molecule has 9 heteroatoms. The van der Waals surface area contributed by atoms with Gasteiger partial charge in [-0.25, -0.2) is 4.39 Å². The molecule has 0 fully saturated rings. The molecule has 4 aromatic rings. The molecule has 3 aromatic carbocycles. The maximum absolute atomic E-state index is 13.4. The van der Waals surface area contributed by atoms with Gasteiger partial charge in [-0.05, 0) is 35.9 Å². The van der Waals surface area contributed by atoms with Crippen LogP contribution in [0.4, 0.5) is 4.39 Å². The number of nitrogens with one attached hydrogen (secondary N) is 1. The van der Waals surface area contributed by atoms with E-state index in [1.807, 2.05) is 36.4 Å². The summed E-state index contributed by atoms with van der Waals surface area (Å²) >= 11 is 0. The van der Waals surface area contributed by atoms with Gasteiger partial charge in [0.2, 0.25) is 11.8 Å². The van der Waals surface area contributed by atoms with Crippen LogP contribution in [0.5, 0.6) is 23.1 Å². The lowest BCUT2D eigenvalue weighted by Gasteiger charge is -2.26. The first kappa shape index (κ1) is 23.8. The van der Waals surface area contributed by atoms with E-state index in [0.717, 1.165) is 11.1 Å². The lowest BCUT2D eigenvalue weighted by molar-refractivity contribution is 0.280. The van der Waals surface area contributed by atoms with Crippen molar-refractivity contribution >= 4 is 0 Å². The van der Waals surface area contributed by atoms with Crippen molar-refractivity contribution in [2.24, 2.45) is 5.73 Å². The van der Waals surface area contributed by atoms with Crippen LogP contribution in [0.25, 0.3) is 11.3 Å². The molecule has 0 spiro atoms. The first-order valence-electron chi connectivity index (χ1n) is 11.4. The summed E-state index contributed by atoms with van der Waals surface area (Å²) in [5.74, 6) is 0.755. The smallest absolute Gasteiger partial charge is 0.244 e. The number of methoxy groups -OCH3 is 2. The number of allylic oxidation sites excluding steroid dienone is 1. The minimum atomic E-state index is -0.674. The minimum absolute atomic E-state index is 0.0454. The first-order chi connectivity index (χ1) is 18.0. The van der Waals surface area contributed by atoms with E-state index in [-0.39, 0.29) is 29.8 Å². The quantitative estimate of drug-likeness (QED) is 0.367. The highest BCUT2D eigenvalue weighted by Crippen LogP contribution is 2.50. The Morgan fingerprint density at radius 3 is 2.59 bits per heavy atom. The number of benzene rings is 3. The molecule has 1 aliphatic heterocycles. The Labute approximate surface area is 212 Å². The molecule has 37 heavy (non-hydrogen) atoms. The molecule has 1 atom stereocenters. The summed E-state index contributed by atoms with van der Waals surface area (Å²) in [5.41, 5.74) is 9.84. The largest absolute Gasteiger partial charge is 0.497 e. The van der Waals surface area contributed by atoms with E-state index in [0.29, 0.717) is 34.1 Å². The maximum atomic E-state index is 13.4. The maximum Gasteiger partial charge on any atom is 0.244 e. The number of fused-ring (bicyclic) bond motifs is 1. The minimum Gasteiger partial charge on any atom is -0.497 e. The van der Waals surface area contributed by atoms with Gasteiger partial charge in [-0.2, -0.15) is 5.26 Å². The number of hydrogen-bond donors (Lipinski definition) is 2. The van der Waals surface area contributed by atoms with Gasteiger partial charge < -0.3 is 24.7 Å². The van der Waals surface area contributed by atoms with E-state index < -0.39 is 5.92 Å². The van der Waals surface area contributed by atoms with Gasteiger partial charge in [-0.15, -0.1) is 5.10 Å². The van der Waals surface area contributed by atoms with Crippen molar-refractivity contribution in [2.45, 2.75) is 12.5 Å². The number of nitrogens with zero attached hydrogens (tertiary/aromatic N) is 2. The van der Waals surface area contributed by atoms with Gasteiger partial charge in [-0.1, -0.05) is 36.4 Å². The monoisotopic (exact) mass is 498 g/mol. The van der Waals surface area contributed by atoms with Crippen molar-refractivity contribution in [3.63, 3.8) is 0 Å².